The van der Waals surface area contributed by atoms with Crippen LogP contribution >= 0.6 is 15.9 Å². The number of aliphatic hydroxyl groups excluding tert-OH is 1. The number of phenolic OH excluding ortho intramolecular Hbond substituents is 1. The van der Waals surface area contributed by atoms with Crippen LogP contribution in [0.15, 0.2) is 32.6 Å². The Morgan fingerprint density at radius 2 is 2.27 bits per heavy atom. The Bertz CT molecular complexity index is 758. The maximum absolute atomic E-state index is 11.8. The van der Waals surface area contributed by atoms with Gasteiger partial charge in [-0.3, -0.25) is 9.78 Å². The number of anilines is 1. The maximum Gasteiger partial charge on any atom is 0.255 e. The average Bonchev–Trinajstić information content (AvgIpc) is 2.46. The fraction of sp³-hybridized carbons (Fsp3) is 0.214. The summed E-state index contributed by atoms with van der Waals surface area (Å²) in [4.78, 5) is 18.5. The van der Waals surface area contributed by atoms with Gasteiger partial charge in [0.2, 0.25) is 5.95 Å². The van der Waals surface area contributed by atoms with E-state index in [1.165, 1.54) is 6.21 Å². The van der Waals surface area contributed by atoms with Gasteiger partial charge in [0.15, 0.2) is 0 Å². The highest BCUT2D eigenvalue weighted by Crippen LogP contribution is 2.20. The number of aromatic nitrogens is 2. The number of benzene rings is 1. The van der Waals surface area contributed by atoms with Gasteiger partial charge < -0.3 is 10.2 Å². The Balaban J connectivity index is 2.16. The number of hydrogen-bond acceptors (Lipinski definition) is 6. The van der Waals surface area contributed by atoms with Gasteiger partial charge >= 0.3 is 0 Å². The number of aliphatic hydroxyl groups is 1. The number of aromatic amines is 1. The van der Waals surface area contributed by atoms with Crippen molar-refractivity contribution >= 4 is 28.1 Å². The quantitative estimate of drug-likeness (QED) is 0.473. The van der Waals surface area contributed by atoms with Crippen LogP contribution in [0.2, 0.25) is 0 Å². The molecule has 4 N–H and O–H groups in total. The maximum atomic E-state index is 11.8. The second-order valence-electron chi connectivity index (χ2n) is 4.53. The molecule has 0 atom stereocenters. The smallest absolute Gasteiger partial charge is 0.255 e. The number of nitrogens with one attached hydrogen (secondary N) is 2. The summed E-state index contributed by atoms with van der Waals surface area (Å²) in [6.45, 7) is 1.58. The topological polar surface area (TPSA) is 111 Å². The fourth-order valence-electron chi connectivity index (χ4n) is 1.86. The van der Waals surface area contributed by atoms with Crippen molar-refractivity contribution in [2.45, 2.75) is 13.3 Å². The summed E-state index contributed by atoms with van der Waals surface area (Å²) in [7, 11) is 0. The van der Waals surface area contributed by atoms with E-state index in [4.69, 9.17) is 5.11 Å². The summed E-state index contributed by atoms with van der Waals surface area (Å²) in [6, 6.07) is 4.95. The summed E-state index contributed by atoms with van der Waals surface area (Å²) >= 11 is 3.30. The SMILES string of the molecule is Cc1nc(N/N=C\c2cc(Br)ccc2O)[nH]c(=O)c1CCO. The first-order chi connectivity index (χ1) is 10.5. The van der Waals surface area contributed by atoms with E-state index in [9.17, 15) is 9.90 Å². The highest BCUT2D eigenvalue weighted by molar-refractivity contribution is 9.10. The first-order valence-corrected chi connectivity index (χ1v) is 7.29. The number of rotatable bonds is 5. The van der Waals surface area contributed by atoms with Gasteiger partial charge in [0.1, 0.15) is 5.75 Å². The predicted octanol–water partition coefficient (Wildman–Crippen LogP) is 1.53. The van der Waals surface area contributed by atoms with Crippen LogP contribution in [0.1, 0.15) is 16.8 Å². The lowest BCUT2D eigenvalue weighted by atomic mass is 10.2. The number of halogens is 1. The van der Waals surface area contributed by atoms with Gasteiger partial charge in [-0.2, -0.15) is 5.10 Å². The molecule has 0 radical (unpaired) electrons. The van der Waals surface area contributed by atoms with E-state index in [0.29, 0.717) is 16.8 Å². The van der Waals surface area contributed by atoms with E-state index in [0.717, 1.165) is 4.47 Å². The Kier molecular flexibility index (Phi) is 5.29. The van der Waals surface area contributed by atoms with Crippen LogP contribution in [0, 0.1) is 6.92 Å². The first-order valence-electron chi connectivity index (χ1n) is 6.49. The minimum atomic E-state index is -0.315. The molecule has 0 fully saturated rings. The van der Waals surface area contributed by atoms with Crippen molar-refractivity contribution in [1.82, 2.24) is 9.97 Å². The molecule has 0 spiro atoms. The Morgan fingerprint density at radius 1 is 1.50 bits per heavy atom. The molecule has 2 aromatic rings. The number of hydrazone groups is 1. The van der Waals surface area contributed by atoms with E-state index < -0.39 is 0 Å². The van der Waals surface area contributed by atoms with Crippen LogP contribution in [0.3, 0.4) is 0 Å². The summed E-state index contributed by atoms with van der Waals surface area (Å²) in [5.41, 5.74) is 3.78. The minimum absolute atomic E-state index is 0.0877. The minimum Gasteiger partial charge on any atom is -0.507 e. The van der Waals surface area contributed by atoms with Crippen molar-refractivity contribution in [2.75, 3.05) is 12.0 Å². The van der Waals surface area contributed by atoms with E-state index in [1.807, 2.05) is 0 Å². The van der Waals surface area contributed by atoms with Gasteiger partial charge in [-0.25, -0.2) is 10.4 Å². The van der Waals surface area contributed by atoms with Gasteiger partial charge in [-0.05, 0) is 25.1 Å². The zero-order valence-corrected chi connectivity index (χ0v) is 13.4. The first kappa shape index (κ1) is 16.2. The molecular weight excluding hydrogens is 352 g/mol. The van der Waals surface area contributed by atoms with E-state index >= 15 is 0 Å². The summed E-state index contributed by atoms with van der Waals surface area (Å²) in [6.07, 6.45) is 1.67. The lowest BCUT2D eigenvalue weighted by molar-refractivity contribution is 0.298. The fourth-order valence-corrected chi connectivity index (χ4v) is 2.24. The van der Waals surface area contributed by atoms with Crippen molar-refractivity contribution in [2.24, 2.45) is 5.10 Å². The number of phenols is 1. The van der Waals surface area contributed by atoms with Crippen LogP contribution in [0.5, 0.6) is 5.75 Å². The Labute approximate surface area is 134 Å². The molecule has 8 heteroatoms. The lowest BCUT2D eigenvalue weighted by Crippen LogP contribution is -2.19. The lowest BCUT2D eigenvalue weighted by Gasteiger charge is -2.05. The molecule has 0 amide bonds. The molecular formula is C14H15BrN4O3. The van der Waals surface area contributed by atoms with Crippen molar-refractivity contribution in [3.63, 3.8) is 0 Å². The molecule has 1 aromatic heterocycles. The van der Waals surface area contributed by atoms with Gasteiger partial charge in [0, 0.05) is 28.6 Å². The number of aryl methyl sites for hydroxylation is 1. The molecule has 0 aliphatic rings. The molecule has 1 heterocycles. The molecule has 0 unspecified atom stereocenters. The van der Waals surface area contributed by atoms with Crippen LogP contribution in [-0.2, 0) is 6.42 Å². The molecule has 0 saturated heterocycles. The van der Waals surface area contributed by atoms with E-state index in [-0.39, 0.29) is 30.3 Å². The summed E-state index contributed by atoms with van der Waals surface area (Å²) in [5.74, 6) is 0.277. The van der Waals surface area contributed by atoms with Gasteiger partial charge in [-0.15, -0.1) is 0 Å². The standard InChI is InChI=1S/C14H15BrN4O3/c1-8-11(4-5-20)13(22)18-14(17-8)19-16-7-9-6-10(15)2-3-12(9)21/h2-3,6-7,20-21H,4-5H2,1H3,(H2,17,18,19,22)/b16-7-. The van der Waals surface area contributed by atoms with E-state index in [1.54, 1.807) is 25.1 Å². The third-order valence-corrected chi connectivity index (χ3v) is 3.44. The highest BCUT2D eigenvalue weighted by atomic mass is 79.9. The predicted molar refractivity (Wildman–Crippen MR) is 87.4 cm³/mol. The largest absolute Gasteiger partial charge is 0.507 e. The van der Waals surface area contributed by atoms with Gasteiger partial charge in [0.05, 0.1) is 11.9 Å². The van der Waals surface area contributed by atoms with Gasteiger partial charge in [0.25, 0.3) is 5.56 Å². The normalized spacial score (nSPS) is 11.0. The highest BCUT2D eigenvalue weighted by Gasteiger charge is 2.07. The molecule has 0 aliphatic carbocycles. The average molecular weight is 367 g/mol. The molecule has 7 nitrogen and oxygen atoms in total. The molecule has 0 bridgehead atoms. The molecule has 0 saturated carbocycles. The zero-order valence-electron chi connectivity index (χ0n) is 11.8. The third-order valence-electron chi connectivity index (χ3n) is 2.95. The van der Waals surface area contributed by atoms with E-state index in [2.05, 4.69) is 36.4 Å². The number of hydrogen-bond donors (Lipinski definition) is 4. The van der Waals surface area contributed by atoms with Crippen LogP contribution < -0.4 is 11.0 Å². The second-order valence-corrected chi connectivity index (χ2v) is 5.44. The van der Waals surface area contributed by atoms with Crippen LogP contribution in [-0.4, -0.2) is 33.0 Å². The number of aromatic hydroxyl groups is 1. The molecule has 22 heavy (non-hydrogen) atoms. The monoisotopic (exact) mass is 366 g/mol. The van der Waals surface area contributed by atoms with Crippen molar-refractivity contribution in [1.29, 1.82) is 0 Å². The molecule has 116 valence electrons. The number of nitrogens with zero attached hydrogens (tertiary/aromatic N) is 2. The second kappa shape index (κ2) is 7.19. The molecule has 0 aliphatic heterocycles. The zero-order chi connectivity index (χ0) is 16.1. The molecule has 2 rings (SSSR count). The van der Waals surface area contributed by atoms with Crippen LogP contribution in [0.25, 0.3) is 0 Å². The third kappa shape index (κ3) is 3.92. The Morgan fingerprint density at radius 3 is 2.95 bits per heavy atom. The van der Waals surface area contributed by atoms with Crippen molar-refractivity contribution in [3.8, 4) is 5.75 Å². The van der Waals surface area contributed by atoms with Gasteiger partial charge in [-0.1, -0.05) is 15.9 Å². The summed E-state index contributed by atoms with van der Waals surface area (Å²) < 4.78 is 0.808. The summed E-state index contributed by atoms with van der Waals surface area (Å²) in [5, 5.41) is 22.5. The van der Waals surface area contributed by atoms with Crippen molar-refractivity contribution < 1.29 is 10.2 Å². The number of H-pyrrole nitrogens is 1. The molecule has 1 aromatic carbocycles. The van der Waals surface area contributed by atoms with Crippen molar-refractivity contribution in [3.05, 3.63) is 49.8 Å². The van der Waals surface area contributed by atoms with Crippen LogP contribution in [0.4, 0.5) is 5.95 Å². The Hall–Kier alpha value is -2.19.